The lowest BCUT2D eigenvalue weighted by molar-refractivity contribution is 0.222. The summed E-state index contributed by atoms with van der Waals surface area (Å²) in [5.41, 5.74) is 2.10. The summed E-state index contributed by atoms with van der Waals surface area (Å²) in [6.45, 7) is 4.14. The van der Waals surface area contributed by atoms with Crippen molar-refractivity contribution in [3.63, 3.8) is 0 Å². The molecule has 1 aromatic carbocycles. The Balaban J connectivity index is 2.21. The van der Waals surface area contributed by atoms with Gasteiger partial charge >= 0.3 is 0 Å². The lowest BCUT2D eigenvalue weighted by atomic mass is 10.0. The Kier molecular flexibility index (Phi) is 6.60. The number of unbranched alkanes of at least 4 members (excludes halogenated alkanes) is 4. The van der Waals surface area contributed by atoms with Gasteiger partial charge in [0, 0.05) is 16.5 Å². The molecule has 0 aliphatic carbocycles. The molecule has 1 aromatic heterocycles. The van der Waals surface area contributed by atoms with E-state index in [1.807, 2.05) is 37.3 Å². The molecule has 1 heterocycles. The van der Waals surface area contributed by atoms with Gasteiger partial charge in [0.1, 0.15) is 6.10 Å². The maximum atomic E-state index is 12.6. The topological polar surface area (TPSA) is 53.1 Å². The predicted molar refractivity (Wildman–Crippen MR) is 96.8 cm³/mol. The van der Waals surface area contributed by atoms with E-state index in [2.05, 4.69) is 11.9 Å². The number of benzene rings is 1. The molecule has 1 atom stereocenters. The number of pyridine rings is 1. The zero-order valence-corrected chi connectivity index (χ0v) is 14.1. The average molecular weight is 313 g/mol. The van der Waals surface area contributed by atoms with Crippen LogP contribution in [0.4, 0.5) is 0 Å². The molecule has 124 valence electrons. The molecule has 3 heteroatoms. The monoisotopic (exact) mass is 313 g/mol. The Bertz CT molecular complexity index is 715. The van der Waals surface area contributed by atoms with Gasteiger partial charge in [0.2, 0.25) is 0 Å². The Morgan fingerprint density at radius 3 is 2.70 bits per heavy atom. The van der Waals surface area contributed by atoms with E-state index < -0.39 is 6.10 Å². The van der Waals surface area contributed by atoms with Crippen LogP contribution in [-0.2, 0) is 6.42 Å². The minimum absolute atomic E-state index is 0.0206. The average Bonchev–Trinajstić information content (AvgIpc) is 2.57. The number of para-hydroxylation sites is 1. The van der Waals surface area contributed by atoms with Crippen LogP contribution in [0.2, 0.25) is 0 Å². The summed E-state index contributed by atoms with van der Waals surface area (Å²) in [4.78, 5) is 15.8. The second-order valence-corrected chi connectivity index (χ2v) is 5.97. The van der Waals surface area contributed by atoms with Gasteiger partial charge in [-0.2, -0.15) is 0 Å². The van der Waals surface area contributed by atoms with Crippen LogP contribution in [-0.4, -0.2) is 10.1 Å². The summed E-state index contributed by atoms with van der Waals surface area (Å²) in [6.07, 6.45) is 9.49. The fourth-order valence-electron chi connectivity index (χ4n) is 2.91. The third kappa shape index (κ3) is 4.32. The number of aromatic amines is 1. The summed E-state index contributed by atoms with van der Waals surface area (Å²) >= 11 is 0. The zero-order chi connectivity index (χ0) is 16.7. The number of aliphatic hydroxyl groups is 1. The fourth-order valence-corrected chi connectivity index (χ4v) is 2.91. The smallest absolute Gasteiger partial charge is 0.192 e. The van der Waals surface area contributed by atoms with Crippen LogP contribution < -0.4 is 5.43 Å². The van der Waals surface area contributed by atoms with Gasteiger partial charge in [-0.3, -0.25) is 4.79 Å². The highest BCUT2D eigenvalue weighted by Gasteiger charge is 2.14. The predicted octanol–water partition coefficient (Wildman–Crippen LogP) is 4.65. The van der Waals surface area contributed by atoms with Crippen LogP contribution in [0, 0.1) is 0 Å². The number of allylic oxidation sites excluding steroid dienone is 1. The van der Waals surface area contributed by atoms with Crippen LogP contribution in [0.1, 0.15) is 63.3 Å². The number of hydrogen-bond acceptors (Lipinski definition) is 2. The molecule has 2 rings (SSSR count). The molecule has 0 aliphatic rings. The Morgan fingerprint density at radius 1 is 1.17 bits per heavy atom. The lowest BCUT2D eigenvalue weighted by Gasteiger charge is -2.13. The molecule has 1 unspecified atom stereocenters. The van der Waals surface area contributed by atoms with E-state index in [1.165, 1.54) is 19.3 Å². The number of nitrogens with one attached hydrogen (secondary N) is 1. The number of H-pyrrole nitrogens is 1. The standard InChI is InChI=1S/C20H27NO2/c1-3-5-6-7-8-9-14-18(22)19-15(4-2)20(23)16-12-10-11-13-17(16)21-19/h9-14,18,22H,3-8H2,1-2H3,(H,21,23). The second kappa shape index (κ2) is 8.68. The molecule has 0 amide bonds. The van der Waals surface area contributed by atoms with Crippen molar-refractivity contribution in [3.05, 3.63) is 57.9 Å². The molecular weight excluding hydrogens is 286 g/mol. The lowest BCUT2D eigenvalue weighted by Crippen LogP contribution is -2.16. The van der Waals surface area contributed by atoms with E-state index in [1.54, 1.807) is 6.08 Å². The van der Waals surface area contributed by atoms with E-state index in [0.29, 0.717) is 23.1 Å². The first-order chi connectivity index (χ1) is 11.2. The number of rotatable bonds is 8. The van der Waals surface area contributed by atoms with Gasteiger partial charge in [-0.05, 0) is 31.4 Å². The van der Waals surface area contributed by atoms with Gasteiger partial charge in [-0.1, -0.05) is 57.4 Å². The van der Waals surface area contributed by atoms with Gasteiger partial charge in [0.25, 0.3) is 0 Å². The van der Waals surface area contributed by atoms with Crippen molar-refractivity contribution in [1.82, 2.24) is 4.98 Å². The third-order valence-electron chi connectivity index (χ3n) is 4.23. The molecule has 3 nitrogen and oxygen atoms in total. The summed E-state index contributed by atoms with van der Waals surface area (Å²) in [7, 11) is 0. The quantitative estimate of drug-likeness (QED) is 0.550. The molecule has 0 spiro atoms. The molecule has 0 radical (unpaired) electrons. The van der Waals surface area contributed by atoms with E-state index >= 15 is 0 Å². The van der Waals surface area contributed by atoms with Crippen molar-refractivity contribution in [2.24, 2.45) is 0 Å². The van der Waals surface area contributed by atoms with Crippen molar-refractivity contribution in [3.8, 4) is 0 Å². The SMILES string of the molecule is CCCCCCC=CC(O)c1[nH]c2ccccc2c(=O)c1CC. The first-order valence-electron chi connectivity index (χ1n) is 8.67. The van der Waals surface area contributed by atoms with Crippen molar-refractivity contribution < 1.29 is 5.11 Å². The highest BCUT2D eigenvalue weighted by atomic mass is 16.3. The molecule has 0 aliphatic heterocycles. The summed E-state index contributed by atoms with van der Waals surface area (Å²) in [5.74, 6) is 0. The first kappa shape index (κ1) is 17.5. The molecular formula is C20H27NO2. The number of hydrogen-bond donors (Lipinski definition) is 2. The summed E-state index contributed by atoms with van der Waals surface area (Å²) in [5, 5.41) is 11.1. The van der Waals surface area contributed by atoms with Crippen LogP contribution in [0.15, 0.2) is 41.2 Å². The molecule has 2 aromatic rings. The van der Waals surface area contributed by atoms with Crippen LogP contribution >= 0.6 is 0 Å². The highest BCUT2D eigenvalue weighted by molar-refractivity contribution is 5.79. The van der Waals surface area contributed by atoms with Gasteiger partial charge < -0.3 is 10.1 Å². The minimum Gasteiger partial charge on any atom is -0.383 e. The third-order valence-corrected chi connectivity index (χ3v) is 4.23. The zero-order valence-electron chi connectivity index (χ0n) is 14.1. The van der Waals surface area contributed by atoms with Crippen LogP contribution in [0.5, 0.6) is 0 Å². The molecule has 0 saturated heterocycles. The number of aliphatic hydroxyl groups excluding tert-OH is 1. The van der Waals surface area contributed by atoms with Crippen molar-refractivity contribution in [1.29, 1.82) is 0 Å². The Hall–Kier alpha value is -1.87. The molecule has 0 saturated carbocycles. The van der Waals surface area contributed by atoms with Crippen LogP contribution in [0.3, 0.4) is 0 Å². The van der Waals surface area contributed by atoms with E-state index in [0.717, 1.165) is 18.4 Å². The highest BCUT2D eigenvalue weighted by Crippen LogP contribution is 2.19. The number of aromatic nitrogens is 1. The molecule has 23 heavy (non-hydrogen) atoms. The van der Waals surface area contributed by atoms with E-state index in [4.69, 9.17) is 0 Å². The number of fused-ring (bicyclic) bond motifs is 1. The maximum Gasteiger partial charge on any atom is 0.192 e. The second-order valence-electron chi connectivity index (χ2n) is 5.97. The first-order valence-corrected chi connectivity index (χ1v) is 8.67. The Morgan fingerprint density at radius 2 is 1.96 bits per heavy atom. The van der Waals surface area contributed by atoms with Gasteiger partial charge in [0.05, 0.1) is 5.69 Å². The van der Waals surface area contributed by atoms with Crippen molar-refractivity contribution in [2.45, 2.75) is 58.5 Å². The van der Waals surface area contributed by atoms with E-state index in [9.17, 15) is 9.90 Å². The molecule has 0 bridgehead atoms. The van der Waals surface area contributed by atoms with Crippen molar-refractivity contribution >= 4 is 10.9 Å². The molecule has 0 fully saturated rings. The Labute approximate surface area is 138 Å². The summed E-state index contributed by atoms with van der Waals surface area (Å²) in [6, 6.07) is 7.46. The van der Waals surface area contributed by atoms with Crippen LogP contribution in [0.25, 0.3) is 10.9 Å². The van der Waals surface area contributed by atoms with E-state index in [-0.39, 0.29) is 5.43 Å². The summed E-state index contributed by atoms with van der Waals surface area (Å²) < 4.78 is 0. The maximum absolute atomic E-state index is 12.6. The van der Waals surface area contributed by atoms with Gasteiger partial charge in [-0.25, -0.2) is 0 Å². The largest absolute Gasteiger partial charge is 0.383 e. The normalized spacial score (nSPS) is 13.0. The fraction of sp³-hybridized carbons (Fsp3) is 0.450. The van der Waals surface area contributed by atoms with Gasteiger partial charge in [0.15, 0.2) is 5.43 Å². The minimum atomic E-state index is -0.756. The van der Waals surface area contributed by atoms with Gasteiger partial charge in [-0.15, -0.1) is 0 Å². The van der Waals surface area contributed by atoms with Crippen molar-refractivity contribution in [2.75, 3.05) is 0 Å². The molecule has 2 N–H and O–H groups in total.